The molecule has 4 atom stereocenters. The number of nitrogens with two attached hydrogens (primary N) is 1. The molecule has 1 aromatic rings. The van der Waals surface area contributed by atoms with Crippen LogP contribution in [-0.4, -0.2) is 82.2 Å². The number of aliphatic hydroxyl groups is 3. The van der Waals surface area contributed by atoms with Gasteiger partial charge in [-0.1, -0.05) is 13.3 Å². The Bertz CT molecular complexity index is 1270. The molecule has 0 spiro atoms. The number of unbranched alkanes of at least 4 members (excludes halogenated alkanes) is 1. The summed E-state index contributed by atoms with van der Waals surface area (Å²) in [5.41, 5.74) is 2.73. The molecule has 4 rings (SSSR count). The maximum absolute atomic E-state index is 13.7. The molecule has 3 aliphatic rings. The predicted molar refractivity (Wildman–Crippen MR) is 137 cm³/mol. The second kappa shape index (κ2) is 10.0. The van der Waals surface area contributed by atoms with Crippen molar-refractivity contribution < 1.29 is 39.5 Å². The fourth-order valence-electron chi connectivity index (χ4n) is 6.27. The Labute approximate surface area is 220 Å². The van der Waals surface area contributed by atoms with Gasteiger partial charge in [-0.15, -0.1) is 0 Å². The first kappa shape index (κ1) is 27.6. The van der Waals surface area contributed by atoms with Crippen LogP contribution in [0.5, 0.6) is 11.5 Å². The number of ketones is 2. The fourth-order valence-corrected chi connectivity index (χ4v) is 6.27. The molecule has 11 heteroatoms. The number of phenols is 1. The minimum absolute atomic E-state index is 0.0225. The molecular formula is C27H35N3O8. The zero-order valence-electron chi connectivity index (χ0n) is 22.0. The summed E-state index contributed by atoms with van der Waals surface area (Å²) in [4.78, 5) is 40.7. The smallest absolute Gasteiger partial charge is 0.255 e. The summed E-state index contributed by atoms with van der Waals surface area (Å²) in [5.74, 6) is -6.34. The molecule has 0 aromatic heterocycles. The van der Waals surface area contributed by atoms with Gasteiger partial charge >= 0.3 is 0 Å². The van der Waals surface area contributed by atoms with Crippen molar-refractivity contribution in [3.63, 3.8) is 0 Å². The number of methoxy groups -OCH3 is 1. The van der Waals surface area contributed by atoms with Crippen LogP contribution in [0.25, 0.3) is 0 Å². The topological polar surface area (TPSA) is 183 Å². The highest BCUT2D eigenvalue weighted by atomic mass is 16.5. The van der Waals surface area contributed by atoms with E-state index in [2.05, 4.69) is 12.2 Å². The summed E-state index contributed by atoms with van der Waals surface area (Å²) in [5, 5.41) is 48.0. The molecule has 0 heterocycles. The Balaban J connectivity index is 1.86. The van der Waals surface area contributed by atoms with E-state index in [9.17, 15) is 34.8 Å². The number of nitrogens with zero attached hydrogens (tertiary/aromatic N) is 1. The summed E-state index contributed by atoms with van der Waals surface area (Å²) in [7, 11) is 4.66. The normalized spacial score (nSPS) is 26.8. The van der Waals surface area contributed by atoms with Gasteiger partial charge in [-0.2, -0.15) is 0 Å². The van der Waals surface area contributed by atoms with Gasteiger partial charge in [0.05, 0.1) is 18.7 Å². The number of benzene rings is 1. The van der Waals surface area contributed by atoms with Gasteiger partial charge in [-0.25, -0.2) is 0 Å². The van der Waals surface area contributed by atoms with Gasteiger partial charge < -0.3 is 36.2 Å². The highest BCUT2D eigenvalue weighted by Gasteiger charge is 2.63. The van der Waals surface area contributed by atoms with Crippen molar-refractivity contribution in [3.05, 3.63) is 45.4 Å². The van der Waals surface area contributed by atoms with E-state index in [1.54, 1.807) is 14.1 Å². The molecule has 0 radical (unpaired) electrons. The number of ether oxygens (including phenoxy) is 1. The zero-order valence-corrected chi connectivity index (χ0v) is 22.0. The van der Waals surface area contributed by atoms with E-state index in [0.717, 1.165) is 19.4 Å². The van der Waals surface area contributed by atoms with Crippen molar-refractivity contribution >= 4 is 17.5 Å². The minimum Gasteiger partial charge on any atom is -0.510 e. The Morgan fingerprint density at radius 3 is 2.53 bits per heavy atom. The maximum atomic E-state index is 13.7. The number of aliphatic hydroxyl groups excluding tert-OH is 2. The maximum Gasteiger partial charge on any atom is 0.255 e. The molecule has 0 saturated heterocycles. The van der Waals surface area contributed by atoms with E-state index in [4.69, 9.17) is 10.5 Å². The van der Waals surface area contributed by atoms with Gasteiger partial charge in [0.2, 0.25) is 5.78 Å². The van der Waals surface area contributed by atoms with E-state index in [-0.39, 0.29) is 29.7 Å². The summed E-state index contributed by atoms with van der Waals surface area (Å²) in [6.07, 6.45) is 2.19. The number of fused-ring (bicyclic) bond motifs is 3. The lowest BCUT2D eigenvalue weighted by atomic mass is 9.58. The third-order valence-corrected chi connectivity index (χ3v) is 7.98. The number of aromatic hydroxyl groups is 1. The number of rotatable bonds is 8. The van der Waals surface area contributed by atoms with Crippen molar-refractivity contribution in [2.24, 2.45) is 17.6 Å². The Morgan fingerprint density at radius 1 is 1.26 bits per heavy atom. The van der Waals surface area contributed by atoms with E-state index >= 15 is 0 Å². The van der Waals surface area contributed by atoms with Crippen LogP contribution in [0.15, 0.2) is 28.7 Å². The number of carbonyl (C=O) groups excluding carboxylic acids is 3. The number of hydrogen-bond donors (Lipinski definition) is 6. The van der Waals surface area contributed by atoms with Gasteiger partial charge in [-0.05, 0) is 51.9 Å². The number of carbonyl (C=O) groups is 3. The molecule has 206 valence electrons. The third kappa shape index (κ3) is 3.96. The van der Waals surface area contributed by atoms with Crippen LogP contribution in [0.1, 0.15) is 47.7 Å². The van der Waals surface area contributed by atoms with E-state index in [1.165, 1.54) is 18.1 Å². The first-order chi connectivity index (χ1) is 17.9. The lowest BCUT2D eigenvalue weighted by Gasteiger charge is -2.50. The third-order valence-electron chi connectivity index (χ3n) is 7.98. The number of Topliss-reactive ketones (excluding diaryl/α,β-unsaturated/α-hetero) is 2. The molecule has 3 aliphatic carbocycles. The molecule has 7 N–H and O–H groups in total. The highest BCUT2D eigenvalue weighted by molar-refractivity contribution is 6.24. The Kier molecular flexibility index (Phi) is 7.30. The predicted octanol–water partition coefficient (Wildman–Crippen LogP) is 1.02. The highest BCUT2D eigenvalue weighted by Crippen LogP contribution is 2.53. The molecule has 0 bridgehead atoms. The SMILES string of the molecule is CCCCNCc1cc(O)c2c(c1OC)C[C@H]1C[C@H]3[C@H](N(C)C)C(O)=C(C(N)=O)C(=O)[C@@]3(O)C(O)=C1C2=O. The molecule has 1 amide bonds. The van der Waals surface area contributed by atoms with Crippen molar-refractivity contribution in [1.29, 1.82) is 0 Å². The molecule has 1 aromatic carbocycles. The number of hydrogen-bond acceptors (Lipinski definition) is 10. The van der Waals surface area contributed by atoms with Crippen LogP contribution in [0.4, 0.5) is 0 Å². The van der Waals surface area contributed by atoms with Gasteiger partial charge in [0.25, 0.3) is 5.91 Å². The summed E-state index contributed by atoms with van der Waals surface area (Å²) in [6, 6.07) is 0.400. The van der Waals surface area contributed by atoms with Gasteiger partial charge in [0.1, 0.15) is 28.6 Å². The Morgan fingerprint density at radius 2 is 1.95 bits per heavy atom. The monoisotopic (exact) mass is 529 g/mol. The van der Waals surface area contributed by atoms with Gasteiger partial charge in [0, 0.05) is 29.2 Å². The second-order valence-corrected chi connectivity index (χ2v) is 10.4. The average molecular weight is 530 g/mol. The van der Waals surface area contributed by atoms with Crippen LogP contribution >= 0.6 is 0 Å². The summed E-state index contributed by atoms with van der Waals surface area (Å²) >= 11 is 0. The van der Waals surface area contributed by atoms with Crippen LogP contribution in [0, 0.1) is 11.8 Å². The number of nitrogens with one attached hydrogen (secondary N) is 1. The second-order valence-electron chi connectivity index (χ2n) is 10.4. The van der Waals surface area contributed by atoms with Crippen molar-refractivity contribution in [3.8, 4) is 11.5 Å². The quantitative estimate of drug-likeness (QED) is 0.210. The molecule has 0 unspecified atom stereocenters. The van der Waals surface area contributed by atoms with Crippen LogP contribution < -0.4 is 15.8 Å². The zero-order chi connectivity index (χ0) is 28.1. The van der Waals surface area contributed by atoms with Gasteiger partial charge in [0.15, 0.2) is 11.4 Å². The average Bonchev–Trinajstić information content (AvgIpc) is 2.83. The number of primary amides is 1. The van der Waals surface area contributed by atoms with Crippen molar-refractivity contribution in [2.75, 3.05) is 27.7 Å². The molecule has 0 fully saturated rings. The van der Waals surface area contributed by atoms with Crippen LogP contribution in [0.2, 0.25) is 0 Å². The van der Waals surface area contributed by atoms with Crippen molar-refractivity contribution in [2.45, 2.75) is 50.8 Å². The van der Waals surface area contributed by atoms with Gasteiger partial charge in [-0.3, -0.25) is 19.3 Å². The first-order valence-electron chi connectivity index (χ1n) is 12.7. The summed E-state index contributed by atoms with van der Waals surface area (Å²) in [6.45, 7) is 3.25. The lowest BCUT2D eigenvalue weighted by Crippen LogP contribution is -2.63. The minimum atomic E-state index is -2.66. The summed E-state index contributed by atoms with van der Waals surface area (Å²) < 4.78 is 5.68. The number of phenolic OH excluding ortho intramolecular Hbond substituents is 1. The largest absolute Gasteiger partial charge is 0.510 e. The lowest BCUT2D eigenvalue weighted by molar-refractivity contribution is -0.148. The first-order valence-corrected chi connectivity index (χ1v) is 12.7. The number of allylic oxidation sites excluding steroid dienone is 1. The van der Waals surface area contributed by atoms with Crippen LogP contribution in [-0.2, 0) is 22.6 Å². The number of likely N-dealkylation sites (N-methyl/N-ethyl adjacent to an activating group) is 1. The Hall–Kier alpha value is -3.41. The van der Waals surface area contributed by atoms with E-state index < -0.39 is 58.0 Å². The molecule has 11 nitrogen and oxygen atoms in total. The number of amides is 1. The molecule has 38 heavy (non-hydrogen) atoms. The van der Waals surface area contributed by atoms with E-state index in [1.807, 2.05) is 0 Å². The fraction of sp³-hybridized carbons (Fsp3) is 0.519. The molecule has 0 aliphatic heterocycles. The van der Waals surface area contributed by atoms with Crippen LogP contribution in [0.3, 0.4) is 0 Å². The van der Waals surface area contributed by atoms with Crippen molar-refractivity contribution in [1.82, 2.24) is 10.2 Å². The molecular weight excluding hydrogens is 494 g/mol. The molecule has 0 saturated carbocycles. The van der Waals surface area contributed by atoms with E-state index in [0.29, 0.717) is 23.4 Å². The standard InChI is InChI=1S/C27H35N3O8/c1-5-6-7-29-11-13-10-16(31)18-14(23(13)38-4)8-12-9-15-20(30(2)3)22(33)19(26(28)36)25(35)27(15,37)24(34)17(12)21(18)32/h10,12,15,20,29,31,33-34,37H,5-9,11H2,1-4H3,(H2,28,36)/t12-,15-,20-,27-/m0/s1.